The van der Waals surface area contributed by atoms with Gasteiger partial charge in [-0.05, 0) is 24.5 Å². The Labute approximate surface area is 116 Å². The molecule has 0 fully saturated rings. The number of rotatable bonds is 4. The third-order valence-electron chi connectivity index (χ3n) is 2.84. The molecule has 0 atom stereocenters. The fourth-order valence-electron chi connectivity index (χ4n) is 1.77. The molecule has 1 aromatic heterocycles. The number of aryl methyl sites for hydroxylation is 1. The molecule has 1 heterocycles. The first-order chi connectivity index (χ1) is 8.56. The molecule has 1 aromatic carbocycles. The Balaban J connectivity index is 2.21. The van der Waals surface area contributed by atoms with E-state index in [-0.39, 0.29) is 0 Å². The van der Waals surface area contributed by atoms with Crippen molar-refractivity contribution in [2.75, 3.05) is 5.73 Å². The Bertz CT molecular complexity index is 514. The molecule has 2 N–H and O–H groups in total. The fourth-order valence-corrected chi connectivity index (χ4v) is 2.04. The third-order valence-corrected chi connectivity index (χ3v) is 3.37. The smallest absolute Gasteiger partial charge is 0.115 e. The van der Waals surface area contributed by atoms with Crippen molar-refractivity contribution in [3.63, 3.8) is 0 Å². The van der Waals surface area contributed by atoms with Gasteiger partial charge in [-0.15, -0.1) is 0 Å². The predicted molar refractivity (Wildman–Crippen MR) is 79.2 cm³/mol. The van der Waals surface area contributed by atoms with Crippen LogP contribution in [0.15, 0.2) is 34.9 Å². The Kier molecular flexibility index (Phi) is 4.07. The second kappa shape index (κ2) is 5.57. The molecule has 0 unspecified atom stereocenters. The van der Waals surface area contributed by atoms with E-state index in [9.17, 15) is 0 Å². The van der Waals surface area contributed by atoms with E-state index in [0.717, 1.165) is 34.4 Å². The van der Waals surface area contributed by atoms with Crippen LogP contribution >= 0.6 is 15.9 Å². The number of anilines is 1. The number of nitrogens with zero attached hydrogens (tertiary/aromatic N) is 2. The van der Waals surface area contributed by atoms with E-state index in [4.69, 9.17) is 5.73 Å². The summed E-state index contributed by atoms with van der Waals surface area (Å²) in [5.74, 6) is 0.673. The maximum atomic E-state index is 6.02. The van der Waals surface area contributed by atoms with E-state index >= 15 is 0 Å². The van der Waals surface area contributed by atoms with Gasteiger partial charge in [0.05, 0.1) is 5.69 Å². The van der Waals surface area contributed by atoms with Gasteiger partial charge in [-0.2, -0.15) is 5.10 Å². The van der Waals surface area contributed by atoms with Crippen LogP contribution in [-0.2, 0) is 6.54 Å². The molecule has 4 heteroatoms. The zero-order valence-corrected chi connectivity index (χ0v) is 12.3. The summed E-state index contributed by atoms with van der Waals surface area (Å²) < 4.78 is 3.00. The maximum absolute atomic E-state index is 6.02. The van der Waals surface area contributed by atoms with Crippen LogP contribution in [-0.4, -0.2) is 9.78 Å². The molecule has 0 aliphatic rings. The van der Waals surface area contributed by atoms with Crippen molar-refractivity contribution in [2.24, 2.45) is 5.92 Å². The largest absolute Gasteiger partial charge is 0.396 e. The van der Waals surface area contributed by atoms with Gasteiger partial charge in [0.25, 0.3) is 0 Å². The van der Waals surface area contributed by atoms with Gasteiger partial charge in [0.15, 0.2) is 0 Å². The lowest BCUT2D eigenvalue weighted by atomic mass is 10.1. The fraction of sp³-hybridized carbons (Fsp3) is 0.357. The minimum Gasteiger partial charge on any atom is -0.396 e. The number of hydrogen-bond acceptors (Lipinski definition) is 2. The van der Waals surface area contributed by atoms with Crippen molar-refractivity contribution in [2.45, 2.75) is 26.8 Å². The lowest BCUT2D eigenvalue weighted by Gasteiger charge is -2.04. The second-order valence-electron chi connectivity index (χ2n) is 4.89. The summed E-state index contributed by atoms with van der Waals surface area (Å²) in [5, 5.41) is 4.56. The van der Waals surface area contributed by atoms with Crippen molar-refractivity contribution < 1.29 is 0 Å². The lowest BCUT2D eigenvalue weighted by Crippen LogP contribution is -2.01. The molecule has 18 heavy (non-hydrogen) atoms. The monoisotopic (exact) mass is 307 g/mol. The minimum absolute atomic E-state index is 0.673. The first-order valence-corrected chi connectivity index (χ1v) is 6.94. The van der Waals surface area contributed by atoms with Crippen molar-refractivity contribution in [3.8, 4) is 11.3 Å². The average molecular weight is 308 g/mol. The number of nitrogens with two attached hydrogens (primary N) is 1. The molecule has 0 aliphatic carbocycles. The number of aromatic nitrogens is 2. The molecule has 0 radical (unpaired) electrons. The van der Waals surface area contributed by atoms with Gasteiger partial charge in [-0.3, -0.25) is 4.68 Å². The summed E-state index contributed by atoms with van der Waals surface area (Å²) in [6.07, 6.45) is 3.03. The molecular weight excluding hydrogens is 290 g/mol. The molecule has 96 valence electrons. The van der Waals surface area contributed by atoms with Crippen molar-refractivity contribution in [3.05, 3.63) is 34.9 Å². The van der Waals surface area contributed by atoms with Crippen LogP contribution in [0.3, 0.4) is 0 Å². The van der Waals surface area contributed by atoms with Crippen molar-refractivity contribution in [1.82, 2.24) is 9.78 Å². The summed E-state index contributed by atoms with van der Waals surface area (Å²) in [7, 11) is 0. The van der Waals surface area contributed by atoms with Crippen molar-refractivity contribution >= 4 is 21.6 Å². The number of benzene rings is 1. The normalized spacial score (nSPS) is 11.1. The van der Waals surface area contributed by atoms with Crippen LogP contribution in [0.2, 0.25) is 0 Å². The SMILES string of the molecule is CC(C)CCn1cc(N)c(-c2ccc(Br)cc2)n1. The zero-order valence-electron chi connectivity index (χ0n) is 10.7. The standard InChI is InChI=1S/C14H18BrN3/c1-10(2)7-8-18-9-13(16)14(17-18)11-3-5-12(15)6-4-11/h3-6,9-10H,7-8,16H2,1-2H3. The molecule has 0 spiro atoms. The molecule has 3 nitrogen and oxygen atoms in total. The highest BCUT2D eigenvalue weighted by atomic mass is 79.9. The molecular formula is C14H18BrN3. The van der Waals surface area contributed by atoms with E-state index < -0.39 is 0 Å². The average Bonchev–Trinajstić information content (AvgIpc) is 2.69. The Morgan fingerprint density at radius 3 is 2.56 bits per heavy atom. The van der Waals surface area contributed by atoms with Crippen LogP contribution in [0.4, 0.5) is 5.69 Å². The molecule has 0 saturated heterocycles. The third kappa shape index (κ3) is 3.13. The highest BCUT2D eigenvalue weighted by Crippen LogP contribution is 2.25. The molecule has 0 amide bonds. The van der Waals surface area contributed by atoms with Gasteiger partial charge in [-0.25, -0.2) is 0 Å². The molecule has 0 saturated carbocycles. The van der Waals surface area contributed by atoms with E-state index in [1.54, 1.807) is 0 Å². The Morgan fingerprint density at radius 1 is 1.28 bits per heavy atom. The first kappa shape index (κ1) is 13.1. The lowest BCUT2D eigenvalue weighted by molar-refractivity contribution is 0.488. The molecule has 2 aromatic rings. The van der Waals surface area contributed by atoms with E-state index in [2.05, 4.69) is 34.9 Å². The summed E-state index contributed by atoms with van der Waals surface area (Å²) in [6.45, 7) is 5.34. The van der Waals surface area contributed by atoms with Gasteiger partial charge in [-0.1, -0.05) is 41.9 Å². The number of halogens is 1. The number of hydrogen-bond donors (Lipinski definition) is 1. The van der Waals surface area contributed by atoms with Crippen molar-refractivity contribution in [1.29, 1.82) is 0 Å². The van der Waals surface area contributed by atoms with Crippen LogP contribution < -0.4 is 5.73 Å². The van der Waals surface area contributed by atoms with E-state index in [1.165, 1.54) is 0 Å². The summed E-state index contributed by atoms with van der Waals surface area (Å²) in [6, 6.07) is 8.05. The summed E-state index contributed by atoms with van der Waals surface area (Å²) in [5.41, 5.74) is 8.68. The van der Waals surface area contributed by atoms with Crippen LogP contribution in [0.25, 0.3) is 11.3 Å². The van der Waals surface area contributed by atoms with Gasteiger partial charge in [0.2, 0.25) is 0 Å². The van der Waals surface area contributed by atoms with Gasteiger partial charge < -0.3 is 5.73 Å². The molecule has 2 rings (SSSR count). The van der Waals surface area contributed by atoms with Crippen LogP contribution in [0.5, 0.6) is 0 Å². The maximum Gasteiger partial charge on any atom is 0.115 e. The highest BCUT2D eigenvalue weighted by Gasteiger charge is 2.08. The zero-order chi connectivity index (χ0) is 13.1. The second-order valence-corrected chi connectivity index (χ2v) is 5.80. The van der Waals surface area contributed by atoms with E-state index in [1.807, 2.05) is 35.1 Å². The van der Waals surface area contributed by atoms with E-state index in [0.29, 0.717) is 5.92 Å². The van der Waals surface area contributed by atoms with Gasteiger partial charge >= 0.3 is 0 Å². The summed E-state index contributed by atoms with van der Waals surface area (Å²) in [4.78, 5) is 0. The van der Waals surface area contributed by atoms with Crippen LogP contribution in [0, 0.1) is 5.92 Å². The topological polar surface area (TPSA) is 43.8 Å². The minimum atomic E-state index is 0.673. The Morgan fingerprint density at radius 2 is 1.94 bits per heavy atom. The first-order valence-electron chi connectivity index (χ1n) is 6.15. The van der Waals surface area contributed by atoms with Gasteiger partial charge in [0.1, 0.15) is 5.69 Å². The highest BCUT2D eigenvalue weighted by molar-refractivity contribution is 9.10. The molecule has 0 aliphatic heterocycles. The Hall–Kier alpha value is -1.29. The summed E-state index contributed by atoms with van der Waals surface area (Å²) >= 11 is 3.43. The quantitative estimate of drug-likeness (QED) is 0.929. The van der Waals surface area contributed by atoms with Gasteiger partial charge in [0, 0.05) is 22.8 Å². The molecule has 0 bridgehead atoms. The predicted octanol–water partition coefficient (Wildman–Crippen LogP) is 3.94. The van der Waals surface area contributed by atoms with Crippen LogP contribution in [0.1, 0.15) is 20.3 Å². The number of nitrogen functional groups attached to an aromatic ring is 1.